The Labute approximate surface area is 105 Å². The maximum atomic E-state index is 4.61. The molecule has 1 aliphatic heterocycles. The Bertz CT molecular complexity index is 367. The predicted octanol–water partition coefficient (Wildman–Crippen LogP) is 2.20. The number of nitrogens with one attached hydrogen (secondary N) is 1. The second-order valence-corrected chi connectivity index (χ2v) is 5.25. The average Bonchev–Trinajstić information content (AvgIpc) is 2.71. The zero-order valence-corrected chi connectivity index (χ0v) is 11.4. The number of aryl methyl sites for hydroxylation is 1. The van der Waals surface area contributed by atoms with Gasteiger partial charge in [-0.25, -0.2) is 4.98 Å². The zero-order chi connectivity index (χ0) is 11.5. The van der Waals surface area contributed by atoms with Crippen LogP contribution in [0.3, 0.4) is 0 Å². The minimum absolute atomic E-state index is 0.760. The van der Waals surface area contributed by atoms with Crippen LogP contribution in [0.5, 0.6) is 0 Å². The molecule has 2 rings (SSSR count). The monoisotopic (exact) mass is 283 g/mol. The fraction of sp³-hybridized carbons (Fsp3) is 0.583. The van der Waals surface area contributed by atoms with Crippen LogP contribution >= 0.6 is 15.9 Å². The van der Waals surface area contributed by atoms with Gasteiger partial charge in [0.25, 0.3) is 0 Å². The molecule has 0 aliphatic carbocycles. The molecule has 0 bridgehead atoms. The molecule has 1 N–H and O–H groups in total. The minimum atomic E-state index is 0.760. The number of halogens is 1. The first-order valence-corrected chi connectivity index (χ1v) is 6.52. The molecule has 1 aliphatic rings. The fourth-order valence-corrected chi connectivity index (χ4v) is 2.42. The molecule has 1 unspecified atom stereocenters. The Morgan fingerprint density at radius 2 is 2.38 bits per heavy atom. The van der Waals surface area contributed by atoms with Gasteiger partial charge in [0.2, 0.25) is 0 Å². The van der Waals surface area contributed by atoms with Gasteiger partial charge in [-0.3, -0.25) is 0 Å². The Kier molecular flexibility index (Phi) is 3.82. The molecule has 0 saturated carbocycles. The van der Waals surface area contributed by atoms with Crippen LogP contribution in [0.1, 0.15) is 12.1 Å². The van der Waals surface area contributed by atoms with Crippen molar-refractivity contribution < 1.29 is 0 Å². The highest BCUT2D eigenvalue weighted by atomic mass is 79.9. The Morgan fingerprint density at radius 3 is 3.06 bits per heavy atom. The van der Waals surface area contributed by atoms with Crippen LogP contribution < -0.4 is 10.2 Å². The number of rotatable bonds is 3. The molecule has 1 fully saturated rings. The van der Waals surface area contributed by atoms with Gasteiger partial charge in [-0.2, -0.15) is 0 Å². The third-order valence-corrected chi connectivity index (χ3v) is 3.95. The number of anilines is 1. The maximum Gasteiger partial charge on any atom is 0.128 e. The topological polar surface area (TPSA) is 28.2 Å². The van der Waals surface area contributed by atoms with E-state index in [1.165, 1.54) is 6.42 Å². The van der Waals surface area contributed by atoms with Gasteiger partial charge in [0.05, 0.1) is 5.69 Å². The first kappa shape index (κ1) is 11.9. The Morgan fingerprint density at radius 1 is 1.56 bits per heavy atom. The molecule has 1 saturated heterocycles. The smallest absolute Gasteiger partial charge is 0.128 e. The van der Waals surface area contributed by atoms with E-state index in [0.29, 0.717) is 0 Å². The predicted molar refractivity (Wildman–Crippen MR) is 70.9 cm³/mol. The molecule has 1 aromatic heterocycles. The quantitative estimate of drug-likeness (QED) is 0.922. The number of aromatic nitrogens is 1. The van der Waals surface area contributed by atoms with Gasteiger partial charge in [-0.15, -0.1) is 0 Å². The van der Waals surface area contributed by atoms with Crippen LogP contribution in [0.2, 0.25) is 0 Å². The lowest BCUT2D eigenvalue weighted by Crippen LogP contribution is -2.25. The molecule has 0 radical (unpaired) electrons. The van der Waals surface area contributed by atoms with Crippen LogP contribution in [0.4, 0.5) is 5.82 Å². The molecule has 2 heterocycles. The number of nitrogens with zero attached hydrogens (tertiary/aromatic N) is 2. The summed E-state index contributed by atoms with van der Waals surface area (Å²) in [7, 11) is 2.02. The van der Waals surface area contributed by atoms with Crippen molar-refractivity contribution in [3.8, 4) is 0 Å². The third kappa shape index (κ3) is 2.55. The highest BCUT2D eigenvalue weighted by Gasteiger charge is 2.22. The number of pyridine rings is 1. The molecular weight excluding hydrogens is 266 g/mol. The lowest BCUT2D eigenvalue weighted by atomic mass is 10.1. The second-order valence-electron chi connectivity index (χ2n) is 4.40. The Hall–Kier alpha value is -0.610. The maximum absolute atomic E-state index is 4.61. The molecular formula is C12H18BrN3. The van der Waals surface area contributed by atoms with Crippen LogP contribution in [0, 0.1) is 12.8 Å². The summed E-state index contributed by atoms with van der Waals surface area (Å²) >= 11 is 3.48. The highest BCUT2D eigenvalue weighted by Crippen LogP contribution is 2.24. The van der Waals surface area contributed by atoms with Crippen molar-refractivity contribution in [2.45, 2.75) is 13.3 Å². The first-order valence-electron chi connectivity index (χ1n) is 5.73. The summed E-state index contributed by atoms with van der Waals surface area (Å²) in [6.07, 6.45) is 1.26. The molecule has 88 valence electrons. The summed E-state index contributed by atoms with van der Waals surface area (Å²) in [5.41, 5.74) is 1.06. The zero-order valence-electron chi connectivity index (χ0n) is 9.83. The summed E-state index contributed by atoms with van der Waals surface area (Å²) in [4.78, 5) is 6.98. The van der Waals surface area contributed by atoms with Gasteiger partial charge in [0, 0.05) is 17.6 Å². The lowest BCUT2D eigenvalue weighted by molar-refractivity contribution is 0.549. The van der Waals surface area contributed by atoms with Crippen molar-refractivity contribution in [1.82, 2.24) is 10.3 Å². The van der Waals surface area contributed by atoms with Gasteiger partial charge in [-0.05, 0) is 60.9 Å². The van der Waals surface area contributed by atoms with E-state index in [2.05, 4.69) is 43.3 Å². The Balaban J connectivity index is 2.05. The summed E-state index contributed by atoms with van der Waals surface area (Å²) in [5, 5.41) is 3.25. The summed E-state index contributed by atoms with van der Waals surface area (Å²) < 4.78 is 1.09. The van der Waals surface area contributed by atoms with E-state index < -0.39 is 0 Å². The van der Waals surface area contributed by atoms with Gasteiger partial charge in [-0.1, -0.05) is 0 Å². The van der Waals surface area contributed by atoms with Crippen LogP contribution in [0.25, 0.3) is 0 Å². The molecule has 0 amide bonds. The van der Waals surface area contributed by atoms with Crippen LogP contribution in [0.15, 0.2) is 16.6 Å². The lowest BCUT2D eigenvalue weighted by Gasteiger charge is -2.18. The highest BCUT2D eigenvalue weighted by molar-refractivity contribution is 9.10. The fourth-order valence-electron chi connectivity index (χ4n) is 2.20. The van der Waals surface area contributed by atoms with E-state index in [1.54, 1.807) is 0 Å². The number of hydrogen-bond donors (Lipinski definition) is 1. The van der Waals surface area contributed by atoms with Gasteiger partial charge >= 0.3 is 0 Å². The third-order valence-electron chi connectivity index (χ3n) is 3.11. The van der Waals surface area contributed by atoms with Crippen molar-refractivity contribution in [1.29, 1.82) is 0 Å². The average molecular weight is 284 g/mol. The van der Waals surface area contributed by atoms with Crippen molar-refractivity contribution in [3.05, 3.63) is 22.3 Å². The molecule has 0 spiro atoms. The van der Waals surface area contributed by atoms with Crippen molar-refractivity contribution >= 4 is 21.7 Å². The summed E-state index contributed by atoms with van der Waals surface area (Å²) in [6, 6.07) is 4.18. The summed E-state index contributed by atoms with van der Waals surface area (Å²) in [5.74, 6) is 1.87. The van der Waals surface area contributed by atoms with E-state index in [9.17, 15) is 0 Å². The van der Waals surface area contributed by atoms with Crippen LogP contribution in [-0.2, 0) is 0 Å². The molecule has 1 atom stereocenters. The van der Waals surface area contributed by atoms with E-state index in [1.807, 2.05) is 14.0 Å². The van der Waals surface area contributed by atoms with E-state index in [0.717, 1.165) is 41.5 Å². The number of hydrogen-bond acceptors (Lipinski definition) is 3. The summed E-state index contributed by atoms with van der Waals surface area (Å²) in [6.45, 7) is 5.38. The normalized spacial score (nSPS) is 20.4. The van der Waals surface area contributed by atoms with Gasteiger partial charge in [0.1, 0.15) is 5.82 Å². The molecule has 4 heteroatoms. The second kappa shape index (κ2) is 5.15. The first-order chi connectivity index (χ1) is 7.70. The molecule has 1 aromatic rings. The molecule has 3 nitrogen and oxygen atoms in total. The minimum Gasteiger partial charge on any atom is -0.356 e. The van der Waals surface area contributed by atoms with E-state index in [4.69, 9.17) is 0 Å². The van der Waals surface area contributed by atoms with E-state index in [-0.39, 0.29) is 0 Å². The SMILES string of the molecule is CNCC1CCN(c2ccc(Br)c(C)n2)C1. The standard InChI is InChI=1S/C12H18BrN3/c1-9-11(13)3-4-12(15-9)16-6-5-10(8-16)7-14-2/h3-4,10,14H,5-8H2,1-2H3. The van der Waals surface area contributed by atoms with Crippen molar-refractivity contribution in [3.63, 3.8) is 0 Å². The van der Waals surface area contributed by atoms with Gasteiger partial charge in [0.15, 0.2) is 0 Å². The van der Waals surface area contributed by atoms with Gasteiger partial charge < -0.3 is 10.2 Å². The van der Waals surface area contributed by atoms with Crippen LogP contribution in [-0.4, -0.2) is 31.7 Å². The largest absolute Gasteiger partial charge is 0.356 e. The molecule has 16 heavy (non-hydrogen) atoms. The van der Waals surface area contributed by atoms with Crippen molar-refractivity contribution in [2.75, 3.05) is 31.6 Å². The van der Waals surface area contributed by atoms with Crippen molar-refractivity contribution in [2.24, 2.45) is 5.92 Å². The van der Waals surface area contributed by atoms with E-state index >= 15 is 0 Å². The molecule has 0 aromatic carbocycles.